The van der Waals surface area contributed by atoms with Crippen LogP contribution in [0.5, 0.6) is 5.75 Å². The molecule has 1 saturated carbocycles. The van der Waals surface area contributed by atoms with E-state index in [-0.39, 0.29) is 24.0 Å². The molecule has 1 N–H and O–H groups in total. The van der Waals surface area contributed by atoms with Crippen molar-refractivity contribution in [2.75, 3.05) is 6.61 Å². The van der Waals surface area contributed by atoms with Crippen LogP contribution in [0.4, 0.5) is 0 Å². The van der Waals surface area contributed by atoms with Gasteiger partial charge < -0.3 is 9.84 Å². The average molecular weight is 302 g/mol. The van der Waals surface area contributed by atoms with E-state index >= 15 is 0 Å². The fraction of sp³-hybridized carbons (Fsp3) is 0.526. The minimum Gasteiger partial charge on any atom is -0.493 e. The highest BCUT2D eigenvalue weighted by atomic mass is 16.5. The minimum atomic E-state index is -0.578. The Morgan fingerprint density at radius 3 is 2.77 bits per heavy atom. The highest BCUT2D eigenvalue weighted by Gasteiger charge is 2.41. The molecule has 0 aliphatic heterocycles. The summed E-state index contributed by atoms with van der Waals surface area (Å²) in [5, 5.41) is 10.1. The maximum Gasteiger partial charge on any atom is 0.139 e. The Labute approximate surface area is 133 Å². The number of unbranched alkanes of at least 4 members (excludes halogenated alkanes) is 2. The van der Waals surface area contributed by atoms with E-state index in [0.717, 1.165) is 12.2 Å². The molecule has 0 saturated heterocycles. The summed E-state index contributed by atoms with van der Waals surface area (Å²) in [6.45, 7) is 2.56. The van der Waals surface area contributed by atoms with E-state index in [1.807, 2.05) is 30.3 Å². The molecule has 3 heteroatoms. The van der Waals surface area contributed by atoms with Crippen LogP contribution in [0.15, 0.2) is 42.5 Å². The molecule has 0 aromatic heterocycles. The summed E-state index contributed by atoms with van der Waals surface area (Å²) in [5.41, 5.74) is 0. The molecule has 1 aromatic carbocycles. The number of hydrogen-bond donors (Lipinski definition) is 1. The monoisotopic (exact) mass is 302 g/mol. The number of hydrogen-bond acceptors (Lipinski definition) is 3. The number of aliphatic hydroxyl groups excluding tert-OH is 1. The molecule has 1 aliphatic rings. The highest BCUT2D eigenvalue weighted by Crippen LogP contribution is 2.32. The van der Waals surface area contributed by atoms with Crippen LogP contribution < -0.4 is 4.74 Å². The summed E-state index contributed by atoms with van der Waals surface area (Å²) < 4.78 is 5.75. The van der Waals surface area contributed by atoms with Gasteiger partial charge in [-0.1, -0.05) is 50.1 Å². The molecular formula is C19H26O3. The maximum atomic E-state index is 12.1. The summed E-state index contributed by atoms with van der Waals surface area (Å²) in [7, 11) is 0. The van der Waals surface area contributed by atoms with Crippen LogP contribution >= 0.6 is 0 Å². The van der Waals surface area contributed by atoms with Crippen LogP contribution in [0, 0.1) is 11.8 Å². The van der Waals surface area contributed by atoms with Gasteiger partial charge in [0.15, 0.2) is 0 Å². The largest absolute Gasteiger partial charge is 0.493 e. The van der Waals surface area contributed by atoms with Crippen LogP contribution in [0.1, 0.15) is 39.0 Å². The summed E-state index contributed by atoms with van der Waals surface area (Å²) in [5.74, 6) is 0.723. The first-order valence-electron chi connectivity index (χ1n) is 8.26. The molecule has 0 bridgehead atoms. The van der Waals surface area contributed by atoms with E-state index in [4.69, 9.17) is 4.74 Å². The van der Waals surface area contributed by atoms with Gasteiger partial charge in [0.2, 0.25) is 0 Å². The lowest BCUT2D eigenvalue weighted by Gasteiger charge is -2.20. The Balaban J connectivity index is 1.88. The van der Waals surface area contributed by atoms with Crippen molar-refractivity contribution < 1.29 is 14.6 Å². The zero-order valence-corrected chi connectivity index (χ0v) is 13.3. The maximum absolute atomic E-state index is 12.1. The normalized spacial score (nSPS) is 25.0. The first-order chi connectivity index (χ1) is 10.7. The standard InChI is InChI=1S/C19H26O3/c1-2-3-4-5-9-12-16-17(19(21)13-18(16)20)14-22-15-10-7-6-8-11-15/h5-11,16-17,19,21H,2-4,12-14H2,1H3/b9-5-/t16-,17-,19-/m1/s1. The number of benzene rings is 1. The smallest absolute Gasteiger partial charge is 0.139 e. The van der Waals surface area contributed by atoms with E-state index in [9.17, 15) is 9.90 Å². The second kappa shape index (κ2) is 8.74. The number of para-hydroxylation sites is 1. The minimum absolute atomic E-state index is 0.108. The number of Topliss-reactive ketones (excluding diaryl/α,β-unsaturated/α-hetero) is 1. The second-order valence-electron chi connectivity index (χ2n) is 5.98. The van der Waals surface area contributed by atoms with Gasteiger partial charge in [0.1, 0.15) is 11.5 Å². The number of ketones is 1. The lowest BCUT2D eigenvalue weighted by atomic mass is 9.91. The SMILES string of the molecule is CCCC/C=C\C[C@H]1C(=O)C[C@@H](O)[C@@H]1COc1ccccc1. The Bertz CT molecular complexity index is 481. The summed E-state index contributed by atoms with van der Waals surface area (Å²) in [4.78, 5) is 12.1. The third kappa shape index (κ3) is 4.70. The quantitative estimate of drug-likeness (QED) is 0.587. The fourth-order valence-electron chi connectivity index (χ4n) is 2.94. The van der Waals surface area contributed by atoms with E-state index in [2.05, 4.69) is 19.1 Å². The fourth-order valence-corrected chi connectivity index (χ4v) is 2.94. The molecule has 3 nitrogen and oxygen atoms in total. The van der Waals surface area contributed by atoms with E-state index < -0.39 is 6.10 Å². The molecule has 0 spiro atoms. The third-order valence-corrected chi connectivity index (χ3v) is 4.30. The Hall–Kier alpha value is -1.61. The molecule has 22 heavy (non-hydrogen) atoms. The predicted octanol–water partition coefficient (Wildman–Crippen LogP) is 3.77. The number of allylic oxidation sites excluding steroid dienone is 2. The van der Waals surface area contributed by atoms with E-state index in [1.54, 1.807) is 0 Å². The first-order valence-corrected chi connectivity index (χ1v) is 8.26. The van der Waals surface area contributed by atoms with Crippen molar-refractivity contribution in [1.29, 1.82) is 0 Å². The van der Waals surface area contributed by atoms with Crippen LogP contribution in [0.3, 0.4) is 0 Å². The lowest BCUT2D eigenvalue weighted by molar-refractivity contribution is -0.121. The van der Waals surface area contributed by atoms with Crippen LogP contribution in [0.2, 0.25) is 0 Å². The predicted molar refractivity (Wildman–Crippen MR) is 87.8 cm³/mol. The molecule has 2 rings (SSSR count). The third-order valence-electron chi connectivity index (χ3n) is 4.30. The van der Waals surface area contributed by atoms with Crippen LogP contribution in [-0.4, -0.2) is 23.6 Å². The summed E-state index contributed by atoms with van der Waals surface area (Å²) in [6, 6.07) is 9.55. The number of ether oxygens (including phenoxy) is 1. The van der Waals surface area contributed by atoms with Gasteiger partial charge in [-0.25, -0.2) is 0 Å². The number of carbonyl (C=O) groups excluding carboxylic acids is 1. The summed E-state index contributed by atoms with van der Waals surface area (Å²) >= 11 is 0. The number of aliphatic hydroxyl groups is 1. The van der Waals surface area contributed by atoms with E-state index in [0.29, 0.717) is 13.0 Å². The molecule has 1 fully saturated rings. The van der Waals surface area contributed by atoms with Crippen LogP contribution in [-0.2, 0) is 4.79 Å². The van der Waals surface area contributed by atoms with Gasteiger partial charge in [-0.15, -0.1) is 0 Å². The van der Waals surface area contributed by atoms with Gasteiger partial charge in [-0.3, -0.25) is 4.79 Å². The van der Waals surface area contributed by atoms with Crippen molar-refractivity contribution in [2.24, 2.45) is 11.8 Å². The van der Waals surface area contributed by atoms with Gasteiger partial charge in [0, 0.05) is 18.3 Å². The number of carbonyl (C=O) groups is 1. The van der Waals surface area contributed by atoms with Crippen LogP contribution in [0.25, 0.3) is 0 Å². The van der Waals surface area contributed by atoms with Crippen molar-refractivity contribution >= 4 is 5.78 Å². The molecule has 1 aliphatic carbocycles. The Morgan fingerprint density at radius 1 is 1.27 bits per heavy atom. The van der Waals surface area contributed by atoms with E-state index in [1.165, 1.54) is 12.8 Å². The van der Waals surface area contributed by atoms with Gasteiger partial charge in [0.25, 0.3) is 0 Å². The zero-order chi connectivity index (χ0) is 15.8. The van der Waals surface area contributed by atoms with Gasteiger partial charge in [-0.05, 0) is 25.0 Å². The molecule has 0 unspecified atom stereocenters. The van der Waals surface area contributed by atoms with Crippen molar-refractivity contribution in [2.45, 2.75) is 45.1 Å². The molecule has 0 heterocycles. The topological polar surface area (TPSA) is 46.5 Å². The van der Waals surface area contributed by atoms with Crippen molar-refractivity contribution in [3.05, 3.63) is 42.5 Å². The molecule has 0 radical (unpaired) electrons. The number of rotatable bonds is 8. The molecule has 120 valence electrons. The Kier molecular flexibility index (Phi) is 6.66. The van der Waals surface area contributed by atoms with Gasteiger partial charge >= 0.3 is 0 Å². The molecular weight excluding hydrogens is 276 g/mol. The van der Waals surface area contributed by atoms with Gasteiger partial charge in [-0.2, -0.15) is 0 Å². The van der Waals surface area contributed by atoms with Crippen molar-refractivity contribution in [3.63, 3.8) is 0 Å². The molecule has 1 aromatic rings. The lowest BCUT2D eigenvalue weighted by Crippen LogP contribution is -2.26. The molecule has 3 atom stereocenters. The summed E-state index contributed by atoms with van der Waals surface area (Å²) in [6.07, 6.45) is 8.05. The molecule has 0 amide bonds. The Morgan fingerprint density at radius 2 is 2.05 bits per heavy atom. The second-order valence-corrected chi connectivity index (χ2v) is 5.98. The zero-order valence-electron chi connectivity index (χ0n) is 13.3. The highest BCUT2D eigenvalue weighted by molar-refractivity contribution is 5.84. The van der Waals surface area contributed by atoms with Crippen molar-refractivity contribution in [3.8, 4) is 5.75 Å². The average Bonchev–Trinajstić information content (AvgIpc) is 2.80. The van der Waals surface area contributed by atoms with Crippen molar-refractivity contribution in [1.82, 2.24) is 0 Å². The van der Waals surface area contributed by atoms with Gasteiger partial charge in [0.05, 0.1) is 12.7 Å². The first kappa shape index (κ1) is 16.8.